The number of hydrogen-bond donors (Lipinski definition) is 2. The molecule has 1 saturated heterocycles. The molecule has 0 radical (unpaired) electrons. The SMILES string of the molecule is CCOc1cc([C@H]2C(=C(O)c3ccc(OC)cc3)C(=O)C(=O)N2CCCOC)ccc1O. The average molecular weight is 441 g/mol. The summed E-state index contributed by atoms with van der Waals surface area (Å²) < 4.78 is 15.7. The lowest BCUT2D eigenvalue weighted by Gasteiger charge is -2.25. The topological polar surface area (TPSA) is 106 Å². The lowest BCUT2D eigenvalue weighted by Crippen LogP contribution is -2.31. The molecule has 0 spiro atoms. The van der Waals surface area contributed by atoms with Gasteiger partial charge in [-0.25, -0.2) is 0 Å². The van der Waals surface area contributed by atoms with E-state index >= 15 is 0 Å². The summed E-state index contributed by atoms with van der Waals surface area (Å²) in [6.07, 6.45) is 0.513. The molecule has 1 fully saturated rings. The highest BCUT2D eigenvalue weighted by Crippen LogP contribution is 2.42. The van der Waals surface area contributed by atoms with Crippen LogP contribution in [0.5, 0.6) is 17.2 Å². The molecule has 0 aromatic heterocycles. The van der Waals surface area contributed by atoms with Crippen LogP contribution in [-0.4, -0.2) is 60.8 Å². The number of rotatable bonds is 9. The summed E-state index contributed by atoms with van der Waals surface area (Å²) in [4.78, 5) is 27.3. The van der Waals surface area contributed by atoms with E-state index in [0.717, 1.165) is 0 Å². The van der Waals surface area contributed by atoms with Gasteiger partial charge < -0.3 is 29.3 Å². The first-order chi connectivity index (χ1) is 15.4. The highest BCUT2D eigenvalue weighted by atomic mass is 16.5. The van der Waals surface area contributed by atoms with Gasteiger partial charge in [0.05, 0.1) is 25.3 Å². The van der Waals surface area contributed by atoms with Crippen LogP contribution in [0.15, 0.2) is 48.0 Å². The molecule has 32 heavy (non-hydrogen) atoms. The van der Waals surface area contributed by atoms with Crippen LogP contribution < -0.4 is 9.47 Å². The normalized spacial score (nSPS) is 17.6. The van der Waals surface area contributed by atoms with Gasteiger partial charge in [0, 0.05) is 25.8 Å². The lowest BCUT2D eigenvalue weighted by molar-refractivity contribution is -0.140. The molecule has 8 nitrogen and oxygen atoms in total. The number of carbonyl (C=O) groups excluding carboxylic acids is 2. The average Bonchev–Trinajstić information content (AvgIpc) is 3.05. The highest BCUT2D eigenvalue weighted by Gasteiger charge is 2.46. The number of aliphatic hydroxyl groups excluding tert-OH is 1. The first kappa shape index (κ1) is 23.1. The molecule has 2 aromatic carbocycles. The Bertz CT molecular complexity index is 1010. The van der Waals surface area contributed by atoms with Crippen LogP contribution in [0.3, 0.4) is 0 Å². The largest absolute Gasteiger partial charge is 0.507 e. The maximum atomic E-state index is 13.0. The molecular weight excluding hydrogens is 414 g/mol. The van der Waals surface area contributed by atoms with Gasteiger partial charge in [0.1, 0.15) is 11.5 Å². The van der Waals surface area contributed by atoms with Crippen molar-refractivity contribution in [1.29, 1.82) is 0 Å². The predicted octanol–water partition coefficient (Wildman–Crippen LogP) is 3.26. The molecule has 1 atom stereocenters. The van der Waals surface area contributed by atoms with Crippen LogP contribution in [0, 0.1) is 0 Å². The Kier molecular flexibility index (Phi) is 7.37. The number of likely N-dealkylation sites (tertiary alicyclic amines) is 1. The van der Waals surface area contributed by atoms with Crippen LogP contribution in [-0.2, 0) is 14.3 Å². The fourth-order valence-corrected chi connectivity index (χ4v) is 3.71. The second-order valence-electron chi connectivity index (χ2n) is 7.23. The van der Waals surface area contributed by atoms with Gasteiger partial charge in [-0.3, -0.25) is 9.59 Å². The van der Waals surface area contributed by atoms with Gasteiger partial charge in [-0.1, -0.05) is 6.07 Å². The van der Waals surface area contributed by atoms with Crippen LogP contribution in [0.25, 0.3) is 5.76 Å². The van der Waals surface area contributed by atoms with Gasteiger partial charge in [-0.05, 0) is 55.3 Å². The van der Waals surface area contributed by atoms with Gasteiger partial charge in [0.15, 0.2) is 11.5 Å². The Morgan fingerprint density at radius 3 is 2.44 bits per heavy atom. The third-order valence-electron chi connectivity index (χ3n) is 5.25. The minimum Gasteiger partial charge on any atom is -0.507 e. The van der Waals surface area contributed by atoms with Gasteiger partial charge in [0.2, 0.25) is 0 Å². The smallest absolute Gasteiger partial charge is 0.295 e. The number of amides is 1. The fourth-order valence-electron chi connectivity index (χ4n) is 3.71. The van der Waals surface area contributed by atoms with Gasteiger partial charge >= 0.3 is 0 Å². The molecule has 2 N–H and O–H groups in total. The highest BCUT2D eigenvalue weighted by molar-refractivity contribution is 6.46. The van der Waals surface area contributed by atoms with E-state index in [2.05, 4.69) is 0 Å². The number of hydrogen-bond acceptors (Lipinski definition) is 7. The number of aliphatic hydroxyl groups is 1. The summed E-state index contributed by atoms with van der Waals surface area (Å²) in [7, 11) is 3.09. The van der Waals surface area contributed by atoms with Crippen LogP contribution in [0.1, 0.15) is 30.5 Å². The van der Waals surface area contributed by atoms with E-state index in [0.29, 0.717) is 36.5 Å². The number of nitrogens with zero attached hydrogens (tertiary/aromatic N) is 1. The molecule has 0 unspecified atom stereocenters. The van der Waals surface area contributed by atoms with E-state index in [-0.39, 0.29) is 29.4 Å². The van der Waals surface area contributed by atoms with Crippen LogP contribution >= 0.6 is 0 Å². The molecule has 1 amide bonds. The molecule has 0 aliphatic carbocycles. The zero-order valence-corrected chi connectivity index (χ0v) is 18.3. The molecule has 0 bridgehead atoms. The quantitative estimate of drug-likeness (QED) is 0.266. The summed E-state index contributed by atoms with van der Waals surface area (Å²) >= 11 is 0. The van der Waals surface area contributed by atoms with E-state index in [1.807, 2.05) is 0 Å². The number of methoxy groups -OCH3 is 2. The third kappa shape index (κ3) is 4.55. The summed E-state index contributed by atoms with van der Waals surface area (Å²) in [6.45, 7) is 2.78. The van der Waals surface area contributed by atoms with Gasteiger partial charge in [0.25, 0.3) is 11.7 Å². The van der Waals surface area contributed by atoms with Crippen molar-refractivity contribution < 1.29 is 34.0 Å². The van der Waals surface area contributed by atoms with E-state index in [4.69, 9.17) is 14.2 Å². The number of aromatic hydroxyl groups is 1. The maximum Gasteiger partial charge on any atom is 0.295 e. The third-order valence-corrected chi connectivity index (χ3v) is 5.25. The first-order valence-corrected chi connectivity index (χ1v) is 10.3. The Hall–Kier alpha value is -3.52. The van der Waals surface area contributed by atoms with E-state index in [9.17, 15) is 19.8 Å². The molecule has 1 heterocycles. The molecule has 1 aliphatic heterocycles. The molecule has 2 aromatic rings. The van der Waals surface area contributed by atoms with Crippen LogP contribution in [0.2, 0.25) is 0 Å². The summed E-state index contributed by atoms with van der Waals surface area (Å²) in [5.41, 5.74) is 0.901. The monoisotopic (exact) mass is 441 g/mol. The zero-order chi connectivity index (χ0) is 23.3. The summed E-state index contributed by atoms with van der Waals surface area (Å²) in [5, 5.41) is 21.1. The van der Waals surface area contributed by atoms with Crippen LogP contribution in [0.4, 0.5) is 0 Å². The van der Waals surface area contributed by atoms with Crippen molar-refractivity contribution in [3.63, 3.8) is 0 Å². The Balaban J connectivity index is 2.13. The fraction of sp³-hybridized carbons (Fsp3) is 0.333. The number of carbonyl (C=O) groups is 2. The minimum atomic E-state index is -0.839. The molecule has 8 heteroatoms. The minimum absolute atomic E-state index is 0.0225. The number of ketones is 1. The van der Waals surface area contributed by atoms with Crippen molar-refractivity contribution in [3.8, 4) is 17.2 Å². The maximum absolute atomic E-state index is 13.0. The van der Waals surface area contributed by atoms with Gasteiger partial charge in [-0.15, -0.1) is 0 Å². The van der Waals surface area contributed by atoms with Gasteiger partial charge in [-0.2, -0.15) is 0 Å². The Labute approximate surface area is 186 Å². The zero-order valence-electron chi connectivity index (χ0n) is 18.3. The van der Waals surface area contributed by atoms with Crippen molar-refractivity contribution in [1.82, 2.24) is 4.90 Å². The number of benzene rings is 2. The first-order valence-electron chi connectivity index (χ1n) is 10.3. The molecule has 0 saturated carbocycles. The summed E-state index contributed by atoms with van der Waals surface area (Å²) in [6, 6.07) is 10.4. The molecule has 1 aliphatic rings. The number of Topliss-reactive ketones (excluding diaryl/α,β-unsaturated/α-hetero) is 1. The Morgan fingerprint density at radius 1 is 1.09 bits per heavy atom. The number of ether oxygens (including phenoxy) is 3. The van der Waals surface area contributed by atoms with Crippen molar-refractivity contribution in [2.45, 2.75) is 19.4 Å². The predicted molar refractivity (Wildman–Crippen MR) is 118 cm³/mol. The van der Waals surface area contributed by atoms with Crippen molar-refractivity contribution in [2.24, 2.45) is 0 Å². The molecular formula is C24H27NO7. The second kappa shape index (κ2) is 10.2. The van der Waals surface area contributed by atoms with Crippen molar-refractivity contribution >= 4 is 17.4 Å². The Morgan fingerprint density at radius 2 is 1.81 bits per heavy atom. The molecule has 3 rings (SSSR count). The molecule has 170 valence electrons. The lowest BCUT2D eigenvalue weighted by atomic mass is 9.95. The van der Waals surface area contributed by atoms with Crippen molar-refractivity contribution in [2.75, 3.05) is 34.0 Å². The second-order valence-corrected chi connectivity index (χ2v) is 7.23. The van der Waals surface area contributed by atoms with E-state index in [1.54, 1.807) is 50.4 Å². The van der Waals surface area contributed by atoms with E-state index in [1.165, 1.54) is 18.1 Å². The number of phenols is 1. The van der Waals surface area contributed by atoms with E-state index < -0.39 is 17.7 Å². The van der Waals surface area contributed by atoms with Crippen molar-refractivity contribution in [3.05, 3.63) is 59.2 Å². The standard InChI is InChI=1S/C24H27NO7/c1-4-32-19-14-16(8-11-18(19)26)21-20(22(27)15-6-9-17(31-3)10-7-15)23(28)24(29)25(21)12-5-13-30-2/h6-11,14,21,26-27H,4-5,12-13H2,1-3H3/t21-/m0/s1. The number of phenolic OH excluding ortho intramolecular Hbond substituents is 1. The summed E-state index contributed by atoms with van der Waals surface area (Å²) in [5.74, 6) is -0.979.